The van der Waals surface area contributed by atoms with Crippen LogP contribution in [0.5, 0.6) is 0 Å². The molecule has 2 fully saturated rings. The van der Waals surface area contributed by atoms with Crippen LogP contribution in [-0.4, -0.2) is 31.7 Å². The Kier molecular flexibility index (Phi) is 6.35. The quantitative estimate of drug-likeness (QED) is 0.382. The van der Waals surface area contributed by atoms with Crippen molar-refractivity contribution < 1.29 is 14.2 Å². The molecule has 2 rings (SSSR count). The number of hydrogen-bond acceptors (Lipinski definition) is 3. The molecule has 2 atom stereocenters. The summed E-state index contributed by atoms with van der Waals surface area (Å²) < 4.78 is 16.8. The molecule has 0 aromatic rings. The maximum absolute atomic E-state index is 5.79. The van der Waals surface area contributed by atoms with Crippen LogP contribution in [0.2, 0.25) is 0 Å². The van der Waals surface area contributed by atoms with Gasteiger partial charge >= 0.3 is 0 Å². The molecule has 3 nitrogen and oxygen atoms in total. The Bertz CT molecular complexity index is 265. The van der Waals surface area contributed by atoms with Crippen LogP contribution in [0.1, 0.15) is 52.4 Å². The summed E-state index contributed by atoms with van der Waals surface area (Å²) in [5.41, 5.74) is 0. The van der Waals surface area contributed by atoms with Crippen molar-refractivity contribution in [2.75, 3.05) is 13.2 Å². The fraction of sp³-hybridized carbons (Fsp3) is 0.875. The van der Waals surface area contributed by atoms with Gasteiger partial charge in [-0.25, -0.2) is 0 Å². The minimum Gasteiger partial charge on any atom is -0.365 e. The van der Waals surface area contributed by atoms with Crippen LogP contribution in [0.4, 0.5) is 0 Å². The van der Waals surface area contributed by atoms with Gasteiger partial charge in [0.25, 0.3) is 0 Å². The monoisotopic (exact) mass is 268 g/mol. The summed E-state index contributed by atoms with van der Waals surface area (Å²) in [6.07, 6.45) is 12.8. The predicted molar refractivity (Wildman–Crippen MR) is 76.0 cm³/mol. The molecular formula is C16H28O3. The molecule has 1 aliphatic heterocycles. The van der Waals surface area contributed by atoms with E-state index in [1.165, 1.54) is 32.1 Å². The number of epoxide rings is 1. The highest BCUT2D eigenvalue weighted by Crippen LogP contribution is 2.38. The summed E-state index contributed by atoms with van der Waals surface area (Å²) in [6, 6.07) is 0. The third-order valence-corrected chi connectivity index (χ3v) is 4.04. The molecule has 1 saturated heterocycles. The molecule has 0 amide bonds. The van der Waals surface area contributed by atoms with E-state index in [4.69, 9.17) is 14.2 Å². The van der Waals surface area contributed by atoms with Crippen molar-refractivity contribution in [1.82, 2.24) is 0 Å². The Hall–Kier alpha value is -0.380. The number of ether oxygens (including phenoxy) is 3. The Morgan fingerprint density at radius 2 is 1.79 bits per heavy atom. The molecule has 1 aliphatic carbocycles. The van der Waals surface area contributed by atoms with Gasteiger partial charge in [0, 0.05) is 19.6 Å². The van der Waals surface area contributed by atoms with Gasteiger partial charge in [0.15, 0.2) is 6.29 Å². The molecule has 0 bridgehead atoms. The van der Waals surface area contributed by atoms with E-state index in [0.29, 0.717) is 25.4 Å². The summed E-state index contributed by atoms with van der Waals surface area (Å²) in [6.45, 7) is 5.39. The Labute approximate surface area is 117 Å². The first-order chi connectivity index (χ1) is 9.35. The number of rotatable bonds is 8. The van der Waals surface area contributed by atoms with Crippen molar-refractivity contribution >= 4 is 0 Å². The normalized spacial score (nSPS) is 28.4. The second-order valence-electron chi connectivity index (χ2n) is 5.47. The fourth-order valence-electron chi connectivity index (χ4n) is 3.01. The van der Waals surface area contributed by atoms with Gasteiger partial charge in [-0.2, -0.15) is 0 Å². The Morgan fingerprint density at radius 1 is 1.11 bits per heavy atom. The van der Waals surface area contributed by atoms with Gasteiger partial charge in [-0.05, 0) is 32.6 Å². The minimum absolute atomic E-state index is 0.0990. The zero-order valence-corrected chi connectivity index (χ0v) is 12.3. The SMILES string of the molecule is CCOC(C/C=C/C1OC1C1CCCCC1)OCC. The predicted octanol–water partition coefficient (Wildman–Crippen LogP) is 3.68. The van der Waals surface area contributed by atoms with E-state index in [9.17, 15) is 0 Å². The highest BCUT2D eigenvalue weighted by atomic mass is 16.7. The van der Waals surface area contributed by atoms with E-state index in [2.05, 4.69) is 12.2 Å². The molecule has 0 aromatic carbocycles. The van der Waals surface area contributed by atoms with Crippen molar-refractivity contribution in [3.8, 4) is 0 Å². The molecular weight excluding hydrogens is 240 g/mol. The summed E-state index contributed by atoms with van der Waals surface area (Å²) in [4.78, 5) is 0. The van der Waals surface area contributed by atoms with Crippen LogP contribution >= 0.6 is 0 Å². The molecule has 2 aliphatic rings. The van der Waals surface area contributed by atoms with Crippen LogP contribution < -0.4 is 0 Å². The molecule has 1 heterocycles. The van der Waals surface area contributed by atoms with Gasteiger partial charge in [-0.1, -0.05) is 31.4 Å². The lowest BCUT2D eigenvalue weighted by molar-refractivity contribution is -0.133. The first-order valence-electron chi connectivity index (χ1n) is 7.90. The second-order valence-corrected chi connectivity index (χ2v) is 5.47. The van der Waals surface area contributed by atoms with Crippen molar-refractivity contribution in [3.05, 3.63) is 12.2 Å². The van der Waals surface area contributed by atoms with Crippen molar-refractivity contribution in [3.63, 3.8) is 0 Å². The van der Waals surface area contributed by atoms with E-state index in [0.717, 1.165) is 12.3 Å². The lowest BCUT2D eigenvalue weighted by Crippen LogP contribution is -2.16. The molecule has 0 radical (unpaired) electrons. The van der Waals surface area contributed by atoms with Gasteiger partial charge in [-0.15, -0.1) is 0 Å². The zero-order valence-electron chi connectivity index (χ0n) is 12.3. The molecule has 0 aromatic heterocycles. The molecule has 19 heavy (non-hydrogen) atoms. The molecule has 2 unspecified atom stereocenters. The van der Waals surface area contributed by atoms with Crippen LogP contribution in [0.25, 0.3) is 0 Å². The van der Waals surface area contributed by atoms with E-state index in [-0.39, 0.29) is 6.29 Å². The van der Waals surface area contributed by atoms with Crippen molar-refractivity contribution in [1.29, 1.82) is 0 Å². The minimum atomic E-state index is -0.0990. The standard InChI is InChI=1S/C16H28O3/c1-3-17-15(18-4-2)12-8-11-14-16(19-14)13-9-6-5-7-10-13/h8,11,13-16H,3-7,9-10,12H2,1-2H3/b11-8+. The van der Waals surface area contributed by atoms with E-state index in [1.54, 1.807) is 0 Å². The average Bonchev–Trinajstić information content (AvgIpc) is 3.20. The lowest BCUT2D eigenvalue weighted by atomic mass is 9.86. The van der Waals surface area contributed by atoms with Gasteiger partial charge in [-0.3, -0.25) is 0 Å². The third kappa shape index (κ3) is 4.90. The Balaban J connectivity index is 1.65. The summed E-state index contributed by atoms with van der Waals surface area (Å²) in [5, 5.41) is 0. The Morgan fingerprint density at radius 3 is 2.42 bits per heavy atom. The van der Waals surface area contributed by atoms with Gasteiger partial charge in [0.05, 0.1) is 6.10 Å². The smallest absolute Gasteiger partial charge is 0.160 e. The van der Waals surface area contributed by atoms with Crippen molar-refractivity contribution in [2.24, 2.45) is 5.92 Å². The van der Waals surface area contributed by atoms with Crippen LogP contribution in [0.15, 0.2) is 12.2 Å². The maximum Gasteiger partial charge on any atom is 0.160 e. The maximum atomic E-state index is 5.79. The van der Waals surface area contributed by atoms with Gasteiger partial charge in [0.2, 0.25) is 0 Å². The first kappa shape index (κ1) is 15.0. The van der Waals surface area contributed by atoms with Crippen molar-refractivity contribution in [2.45, 2.75) is 70.9 Å². The number of hydrogen-bond donors (Lipinski definition) is 0. The molecule has 0 N–H and O–H groups in total. The summed E-state index contributed by atoms with van der Waals surface area (Å²) in [5.74, 6) is 0.804. The van der Waals surface area contributed by atoms with Crippen LogP contribution in [0, 0.1) is 5.92 Å². The zero-order chi connectivity index (χ0) is 13.5. The molecule has 3 heteroatoms. The fourth-order valence-corrected chi connectivity index (χ4v) is 3.01. The van der Waals surface area contributed by atoms with E-state index in [1.807, 2.05) is 13.8 Å². The van der Waals surface area contributed by atoms with E-state index >= 15 is 0 Å². The summed E-state index contributed by atoms with van der Waals surface area (Å²) in [7, 11) is 0. The lowest BCUT2D eigenvalue weighted by Gasteiger charge is -2.19. The largest absolute Gasteiger partial charge is 0.365 e. The third-order valence-electron chi connectivity index (χ3n) is 4.04. The topological polar surface area (TPSA) is 31.0 Å². The highest BCUT2D eigenvalue weighted by molar-refractivity contribution is 5.05. The highest BCUT2D eigenvalue weighted by Gasteiger charge is 2.42. The second kappa shape index (κ2) is 8.03. The van der Waals surface area contributed by atoms with E-state index < -0.39 is 0 Å². The average molecular weight is 268 g/mol. The van der Waals surface area contributed by atoms with Crippen LogP contribution in [0.3, 0.4) is 0 Å². The van der Waals surface area contributed by atoms with Crippen LogP contribution in [-0.2, 0) is 14.2 Å². The first-order valence-corrected chi connectivity index (χ1v) is 7.90. The molecule has 0 spiro atoms. The van der Waals surface area contributed by atoms with Gasteiger partial charge in [0.1, 0.15) is 6.10 Å². The summed E-state index contributed by atoms with van der Waals surface area (Å²) >= 11 is 0. The van der Waals surface area contributed by atoms with Gasteiger partial charge < -0.3 is 14.2 Å². The molecule has 110 valence electrons. The molecule has 1 saturated carbocycles.